The molecule has 3 N–H and O–H groups in total. The van der Waals surface area contributed by atoms with Crippen molar-refractivity contribution in [2.24, 2.45) is 5.92 Å². The summed E-state index contributed by atoms with van der Waals surface area (Å²) in [6, 6.07) is 22.6. The van der Waals surface area contributed by atoms with Crippen LogP contribution in [0.4, 0.5) is 0 Å². The average molecular weight is 400 g/mol. The Kier molecular flexibility index (Phi) is 4.94. The first-order valence-corrected chi connectivity index (χ1v) is 10.3. The zero-order valence-electron chi connectivity index (χ0n) is 16.5. The van der Waals surface area contributed by atoms with Crippen LogP contribution >= 0.6 is 0 Å². The first-order valence-electron chi connectivity index (χ1n) is 10.3. The van der Waals surface area contributed by atoms with Crippen LogP contribution in [0.2, 0.25) is 0 Å². The van der Waals surface area contributed by atoms with Gasteiger partial charge in [-0.3, -0.25) is 10.2 Å². The highest BCUT2D eigenvalue weighted by molar-refractivity contribution is 5.92. The van der Waals surface area contributed by atoms with Gasteiger partial charge in [-0.15, -0.1) is 0 Å². The molecule has 1 aromatic heterocycles. The molecule has 3 aromatic rings. The molecule has 0 bridgehead atoms. The van der Waals surface area contributed by atoms with E-state index in [-0.39, 0.29) is 23.6 Å². The molecule has 3 atom stereocenters. The molecule has 30 heavy (non-hydrogen) atoms. The van der Waals surface area contributed by atoms with Gasteiger partial charge < -0.3 is 10.0 Å². The fourth-order valence-corrected chi connectivity index (χ4v) is 4.51. The lowest BCUT2D eigenvalue weighted by atomic mass is 9.84. The maximum atomic E-state index is 12.9. The Morgan fingerprint density at radius 1 is 0.967 bits per heavy atom. The summed E-state index contributed by atoms with van der Waals surface area (Å²) < 4.78 is 0. The van der Waals surface area contributed by atoms with Gasteiger partial charge in [-0.2, -0.15) is 0 Å². The minimum atomic E-state index is -0.0847. The van der Waals surface area contributed by atoms with E-state index in [4.69, 9.17) is 0 Å². The number of aromatic hydroxyl groups is 1. The number of benzene rings is 2. The molecular formula is C24H24N4O2. The number of aromatic nitrogens is 1. The number of amides is 1. The van der Waals surface area contributed by atoms with E-state index in [1.54, 1.807) is 6.07 Å². The van der Waals surface area contributed by atoms with Gasteiger partial charge in [0.05, 0.1) is 12.2 Å². The van der Waals surface area contributed by atoms with Crippen molar-refractivity contribution in [1.82, 2.24) is 20.7 Å². The van der Waals surface area contributed by atoms with Gasteiger partial charge in [0.1, 0.15) is 11.4 Å². The third-order valence-corrected chi connectivity index (χ3v) is 6.14. The van der Waals surface area contributed by atoms with Crippen molar-refractivity contribution in [1.29, 1.82) is 0 Å². The Hall–Kier alpha value is -3.22. The van der Waals surface area contributed by atoms with E-state index in [9.17, 15) is 9.90 Å². The number of carbonyl (C=O) groups is 1. The van der Waals surface area contributed by atoms with Crippen LogP contribution in [0.1, 0.15) is 28.5 Å². The third kappa shape index (κ3) is 3.56. The maximum absolute atomic E-state index is 12.9. The number of nitrogens with one attached hydrogen (secondary N) is 2. The summed E-state index contributed by atoms with van der Waals surface area (Å²) in [7, 11) is 0. The van der Waals surface area contributed by atoms with E-state index >= 15 is 0 Å². The van der Waals surface area contributed by atoms with Crippen molar-refractivity contribution in [3.8, 4) is 16.9 Å². The van der Waals surface area contributed by atoms with Gasteiger partial charge in [-0.25, -0.2) is 10.4 Å². The first-order chi connectivity index (χ1) is 14.7. The molecule has 5 rings (SSSR count). The summed E-state index contributed by atoms with van der Waals surface area (Å²) in [4.78, 5) is 18.8. The lowest BCUT2D eigenvalue weighted by Crippen LogP contribution is -2.48. The second-order valence-corrected chi connectivity index (χ2v) is 7.97. The lowest BCUT2D eigenvalue weighted by Gasteiger charge is -2.36. The molecule has 0 saturated carbocycles. The van der Waals surface area contributed by atoms with Crippen LogP contribution < -0.4 is 10.9 Å². The summed E-state index contributed by atoms with van der Waals surface area (Å²) in [5.41, 5.74) is 10.9. The second kappa shape index (κ2) is 7.89. The summed E-state index contributed by atoms with van der Waals surface area (Å²) in [6.07, 6.45) is 2.20. The van der Waals surface area contributed by atoms with Crippen LogP contribution in [0.3, 0.4) is 0 Å². The molecule has 0 spiro atoms. The number of pyridine rings is 1. The molecule has 152 valence electrons. The number of piperidine rings is 1. The Bertz CT molecular complexity index is 1020. The average Bonchev–Trinajstić information content (AvgIpc) is 3.23. The Morgan fingerprint density at radius 3 is 2.47 bits per heavy atom. The Balaban J connectivity index is 1.33. The van der Waals surface area contributed by atoms with Crippen molar-refractivity contribution < 1.29 is 9.90 Å². The highest BCUT2D eigenvalue weighted by Crippen LogP contribution is 2.35. The van der Waals surface area contributed by atoms with Crippen LogP contribution in [0.15, 0.2) is 72.9 Å². The van der Waals surface area contributed by atoms with Gasteiger partial charge >= 0.3 is 0 Å². The van der Waals surface area contributed by atoms with Gasteiger partial charge in [0.2, 0.25) is 0 Å². The lowest BCUT2D eigenvalue weighted by molar-refractivity contribution is 0.0646. The van der Waals surface area contributed by atoms with E-state index in [0.29, 0.717) is 24.8 Å². The summed E-state index contributed by atoms with van der Waals surface area (Å²) in [5.74, 6) is 0.259. The Labute approximate surface area is 175 Å². The van der Waals surface area contributed by atoms with Gasteiger partial charge in [0, 0.05) is 25.0 Å². The summed E-state index contributed by atoms with van der Waals surface area (Å²) in [6.45, 7) is 1.36. The zero-order chi connectivity index (χ0) is 20.5. The van der Waals surface area contributed by atoms with E-state index in [2.05, 4.69) is 52.2 Å². The summed E-state index contributed by atoms with van der Waals surface area (Å²) in [5, 5.41) is 9.42. The molecule has 3 unspecified atom stereocenters. The maximum Gasteiger partial charge on any atom is 0.272 e. The van der Waals surface area contributed by atoms with Gasteiger partial charge in [-0.1, -0.05) is 54.6 Å². The van der Waals surface area contributed by atoms with Crippen molar-refractivity contribution in [3.05, 3.63) is 84.2 Å². The molecule has 2 aromatic carbocycles. The molecule has 6 heteroatoms. The van der Waals surface area contributed by atoms with Crippen molar-refractivity contribution in [2.75, 3.05) is 13.1 Å². The number of hydrogen-bond donors (Lipinski definition) is 3. The topological polar surface area (TPSA) is 77.5 Å². The second-order valence-electron chi connectivity index (χ2n) is 7.97. The monoisotopic (exact) mass is 400 g/mol. The predicted molar refractivity (Wildman–Crippen MR) is 115 cm³/mol. The minimum absolute atomic E-state index is 0.0634. The number of nitrogens with zero attached hydrogens (tertiary/aromatic N) is 2. The quantitative estimate of drug-likeness (QED) is 0.630. The van der Waals surface area contributed by atoms with Crippen LogP contribution in [-0.4, -0.2) is 40.0 Å². The van der Waals surface area contributed by atoms with Crippen LogP contribution in [0.5, 0.6) is 5.75 Å². The highest BCUT2D eigenvalue weighted by atomic mass is 16.3. The fourth-order valence-electron chi connectivity index (χ4n) is 4.51. The number of rotatable bonds is 3. The predicted octanol–water partition coefficient (Wildman–Crippen LogP) is 3.13. The van der Waals surface area contributed by atoms with Crippen molar-refractivity contribution in [2.45, 2.75) is 18.5 Å². The fraction of sp³-hybridized carbons (Fsp3) is 0.250. The molecule has 3 heterocycles. The number of hydrogen-bond acceptors (Lipinski definition) is 5. The van der Waals surface area contributed by atoms with Crippen LogP contribution in [-0.2, 0) is 0 Å². The largest absolute Gasteiger partial charge is 0.506 e. The van der Waals surface area contributed by atoms with E-state index in [0.717, 1.165) is 6.42 Å². The van der Waals surface area contributed by atoms with E-state index in [1.165, 1.54) is 29.0 Å². The number of fused-ring (bicyclic) bond motifs is 1. The Morgan fingerprint density at radius 2 is 1.73 bits per heavy atom. The summed E-state index contributed by atoms with van der Waals surface area (Å²) >= 11 is 0. The zero-order valence-corrected chi connectivity index (χ0v) is 16.5. The highest BCUT2D eigenvalue weighted by Gasteiger charge is 2.41. The molecule has 1 amide bonds. The molecule has 2 fully saturated rings. The molecule has 0 aliphatic carbocycles. The normalized spacial score (nSPS) is 23.2. The number of hydrazine groups is 1. The smallest absolute Gasteiger partial charge is 0.272 e. The molecule has 0 radical (unpaired) electrons. The standard InChI is InChI=1S/C24H24N4O2/c29-19-10-11-22(25-14-19)24(30)28-13-12-21-20(15-28)23(27-26-21)18-8-6-17(7-9-18)16-4-2-1-3-5-16/h1-11,14,20-21,23,26-27,29H,12-13,15H2. The van der Waals surface area contributed by atoms with E-state index in [1.807, 2.05) is 23.1 Å². The number of carbonyl (C=O) groups excluding carboxylic acids is 1. The molecule has 2 aliphatic heterocycles. The molecule has 2 saturated heterocycles. The SMILES string of the molecule is O=C(c1ccc(O)cn1)N1CCC2NNC(c3ccc(-c4ccccc4)cc3)C2C1. The van der Waals surface area contributed by atoms with Crippen molar-refractivity contribution in [3.63, 3.8) is 0 Å². The van der Waals surface area contributed by atoms with Gasteiger partial charge in [0.25, 0.3) is 5.91 Å². The van der Waals surface area contributed by atoms with Crippen LogP contribution in [0, 0.1) is 5.92 Å². The first kappa shape index (κ1) is 18.8. The number of likely N-dealkylation sites (tertiary alicyclic amines) is 1. The van der Waals surface area contributed by atoms with Gasteiger partial charge in [0.15, 0.2) is 0 Å². The molecular weight excluding hydrogens is 376 g/mol. The molecule has 6 nitrogen and oxygen atoms in total. The minimum Gasteiger partial charge on any atom is -0.506 e. The molecule has 2 aliphatic rings. The van der Waals surface area contributed by atoms with Crippen molar-refractivity contribution >= 4 is 5.91 Å². The van der Waals surface area contributed by atoms with Gasteiger partial charge in [-0.05, 0) is 35.2 Å². The van der Waals surface area contributed by atoms with E-state index < -0.39 is 0 Å². The third-order valence-electron chi connectivity index (χ3n) is 6.14. The van der Waals surface area contributed by atoms with Crippen LogP contribution in [0.25, 0.3) is 11.1 Å².